The second kappa shape index (κ2) is 4.69. The molecule has 5 heteroatoms. The number of rotatable bonds is 2. The predicted octanol–water partition coefficient (Wildman–Crippen LogP) is 4.37. The summed E-state index contributed by atoms with van der Waals surface area (Å²) in [7, 11) is 0. The summed E-state index contributed by atoms with van der Waals surface area (Å²) in [5, 5.41) is 10.1. The van der Waals surface area contributed by atoms with E-state index in [1.165, 1.54) is 0 Å². The van der Waals surface area contributed by atoms with Crippen molar-refractivity contribution in [1.29, 1.82) is 0 Å². The molecule has 1 N–H and O–H groups in total. The summed E-state index contributed by atoms with van der Waals surface area (Å²) in [6.07, 6.45) is 0.305. The Bertz CT molecular complexity index is 534. The van der Waals surface area contributed by atoms with Crippen LogP contribution in [0.5, 0.6) is 0 Å². The van der Waals surface area contributed by atoms with E-state index in [0.717, 1.165) is 25.5 Å². The monoisotopic (exact) mass is 366 g/mol. The van der Waals surface area contributed by atoms with Gasteiger partial charge in [-0.2, -0.15) is 0 Å². The number of halogens is 3. The molecule has 0 bridgehead atoms. The fourth-order valence-electron chi connectivity index (χ4n) is 1.58. The van der Waals surface area contributed by atoms with Crippen molar-refractivity contribution < 1.29 is 9.52 Å². The average Bonchev–Trinajstić information content (AvgIpc) is 2.58. The van der Waals surface area contributed by atoms with Gasteiger partial charge in [-0.1, -0.05) is 27.5 Å². The number of alkyl halides is 1. The minimum atomic E-state index is -0.914. The fraction of sp³-hybridized carbons (Fsp3) is 0.273. The lowest BCUT2D eigenvalue weighted by Crippen LogP contribution is -1.98. The van der Waals surface area contributed by atoms with Gasteiger partial charge in [0.15, 0.2) is 0 Å². The quantitative estimate of drug-likeness (QED) is 0.799. The van der Waals surface area contributed by atoms with Gasteiger partial charge in [0.05, 0.1) is 4.47 Å². The van der Waals surface area contributed by atoms with Gasteiger partial charge in [0, 0.05) is 16.3 Å². The van der Waals surface area contributed by atoms with Gasteiger partial charge < -0.3 is 9.52 Å². The maximum Gasteiger partial charge on any atom is 0.148 e. The maximum absolute atomic E-state index is 9.11. The molecule has 86 valence electrons. The van der Waals surface area contributed by atoms with Crippen molar-refractivity contribution in [3.05, 3.63) is 32.4 Å². The van der Waals surface area contributed by atoms with Gasteiger partial charge >= 0.3 is 0 Å². The van der Waals surface area contributed by atoms with Gasteiger partial charge in [-0.25, -0.2) is 0 Å². The lowest BCUT2D eigenvalue weighted by atomic mass is 10.1. The summed E-state index contributed by atoms with van der Waals surface area (Å²) in [6, 6.07) is 3.86. The van der Waals surface area contributed by atoms with E-state index in [9.17, 15) is 0 Å². The summed E-state index contributed by atoms with van der Waals surface area (Å²) < 4.78 is 7.54. The highest BCUT2D eigenvalue weighted by atomic mass is 79.9. The van der Waals surface area contributed by atoms with Crippen LogP contribution in [0.4, 0.5) is 0 Å². The third kappa shape index (κ3) is 2.30. The highest BCUT2D eigenvalue weighted by Crippen LogP contribution is 2.34. The molecule has 0 fully saturated rings. The van der Waals surface area contributed by atoms with Crippen LogP contribution >= 0.6 is 43.5 Å². The molecule has 1 aromatic carbocycles. The van der Waals surface area contributed by atoms with Gasteiger partial charge in [0.1, 0.15) is 16.9 Å². The molecule has 2 aromatic rings. The number of hydrogen-bond donors (Lipinski definition) is 1. The zero-order valence-electron chi connectivity index (χ0n) is 8.43. The third-order valence-electron chi connectivity index (χ3n) is 2.39. The standard InChI is InChI=1S/C11H9Br2ClO2/c1-5-7-2-6(3-10(14)15)16-11(7)9(13)4-8(5)12/h2,4,10,15H,3H2,1H3. The van der Waals surface area contributed by atoms with E-state index in [0.29, 0.717) is 12.2 Å². The van der Waals surface area contributed by atoms with Crippen molar-refractivity contribution in [2.24, 2.45) is 0 Å². The normalized spacial score (nSPS) is 13.3. The van der Waals surface area contributed by atoms with Crippen LogP contribution < -0.4 is 0 Å². The average molecular weight is 368 g/mol. The van der Waals surface area contributed by atoms with Gasteiger partial charge in [-0.3, -0.25) is 0 Å². The molecule has 0 aliphatic carbocycles. The molecule has 1 aromatic heterocycles. The fourth-order valence-corrected chi connectivity index (χ4v) is 3.00. The van der Waals surface area contributed by atoms with Gasteiger partial charge in [0.2, 0.25) is 0 Å². The second-order valence-electron chi connectivity index (χ2n) is 3.56. The topological polar surface area (TPSA) is 33.4 Å². The highest BCUT2D eigenvalue weighted by Gasteiger charge is 2.13. The maximum atomic E-state index is 9.11. The van der Waals surface area contributed by atoms with E-state index in [1.807, 2.05) is 19.1 Å². The molecule has 16 heavy (non-hydrogen) atoms. The van der Waals surface area contributed by atoms with Crippen LogP contribution in [0.15, 0.2) is 25.5 Å². The first-order valence-corrected chi connectivity index (χ1v) is 6.70. The van der Waals surface area contributed by atoms with E-state index in [1.54, 1.807) is 0 Å². The van der Waals surface area contributed by atoms with Crippen molar-refractivity contribution in [3.63, 3.8) is 0 Å². The van der Waals surface area contributed by atoms with Crippen LogP contribution in [-0.2, 0) is 6.42 Å². The molecule has 2 nitrogen and oxygen atoms in total. The lowest BCUT2D eigenvalue weighted by Gasteiger charge is -2.00. The first-order chi connectivity index (χ1) is 7.49. The number of aryl methyl sites for hydroxylation is 1. The number of aliphatic hydroxyl groups excluding tert-OH is 1. The zero-order chi connectivity index (χ0) is 11.9. The zero-order valence-corrected chi connectivity index (χ0v) is 12.4. The van der Waals surface area contributed by atoms with Crippen molar-refractivity contribution in [2.45, 2.75) is 18.9 Å². The van der Waals surface area contributed by atoms with Gasteiger partial charge in [-0.05, 0) is 40.5 Å². The highest BCUT2D eigenvalue weighted by molar-refractivity contribution is 9.11. The van der Waals surface area contributed by atoms with Crippen LogP contribution in [0.1, 0.15) is 11.3 Å². The predicted molar refractivity (Wildman–Crippen MR) is 71.9 cm³/mol. The number of furan rings is 1. The molecule has 0 radical (unpaired) electrons. The smallest absolute Gasteiger partial charge is 0.148 e. The molecule has 2 rings (SSSR count). The number of aliphatic hydroxyl groups is 1. The Hall–Kier alpha value is -0.0300. The summed E-state index contributed by atoms with van der Waals surface area (Å²) >= 11 is 12.4. The van der Waals surface area contributed by atoms with E-state index in [4.69, 9.17) is 21.1 Å². The van der Waals surface area contributed by atoms with Crippen LogP contribution in [0, 0.1) is 6.92 Å². The minimum absolute atomic E-state index is 0.305. The van der Waals surface area contributed by atoms with E-state index >= 15 is 0 Å². The summed E-state index contributed by atoms with van der Waals surface area (Å²) in [5.74, 6) is 0.680. The molecular formula is C11H9Br2ClO2. The Labute approximate surface area is 115 Å². The van der Waals surface area contributed by atoms with Crippen LogP contribution in [0.25, 0.3) is 11.0 Å². The molecule has 0 aliphatic rings. The number of benzene rings is 1. The number of fused-ring (bicyclic) bond motifs is 1. The largest absolute Gasteiger partial charge is 0.460 e. The van der Waals surface area contributed by atoms with E-state index in [-0.39, 0.29) is 0 Å². The molecule has 0 amide bonds. The van der Waals surface area contributed by atoms with Crippen molar-refractivity contribution in [1.82, 2.24) is 0 Å². The van der Waals surface area contributed by atoms with Crippen molar-refractivity contribution in [2.75, 3.05) is 0 Å². The molecule has 0 saturated heterocycles. The third-order valence-corrected chi connectivity index (χ3v) is 3.95. The first-order valence-electron chi connectivity index (χ1n) is 4.68. The Kier molecular flexibility index (Phi) is 3.64. The Morgan fingerprint density at radius 3 is 2.69 bits per heavy atom. The summed E-state index contributed by atoms with van der Waals surface area (Å²) in [6.45, 7) is 2.01. The molecular weight excluding hydrogens is 359 g/mol. The van der Waals surface area contributed by atoms with Crippen molar-refractivity contribution >= 4 is 54.4 Å². The van der Waals surface area contributed by atoms with Gasteiger partial charge in [-0.15, -0.1) is 0 Å². The molecule has 0 aliphatic heterocycles. The second-order valence-corrected chi connectivity index (χ2v) is 5.77. The first kappa shape index (κ1) is 12.4. The Morgan fingerprint density at radius 2 is 2.06 bits per heavy atom. The number of hydrogen-bond acceptors (Lipinski definition) is 2. The van der Waals surface area contributed by atoms with Crippen LogP contribution in [-0.4, -0.2) is 10.7 Å². The molecule has 0 saturated carbocycles. The molecule has 1 unspecified atom stereocenters. The SMILES string of the molecule is Cc1c(Br)cc(Br)c2oc(CC(O)Cl)cc12. The van der Waals surface area contributed by atoms with Gasteiger partial charge in [0.25, 0.3) is 0 Å². The minimum Gasteiger partial charge on any atom is -0.460 e. The summed E-state index contributed by atoms with van der Waals surface area (Å²) in [5.41, 5.74) is 0.980. The Balaban J connectivity index is 2.60. The lowest BCUT2D eigenvalue weighted by molar-refractivity contribution is 0.248. The van der Waals surface area contributed by atoms with Crippen molar-refractivity contribution in [3.8, 4) is 0 Å². The summed E-state index contributed by atoms with van der Waals surface area (Å²) in [4.78, 5) is 0. The van der Waals surface area contributed by atoms with E-state index < -0.39 is 5.56 Å². The molecule has 1 heterocycles. The molecule has 0 spiro atoms. The Morgan fingerprint density at radius 1 is 1.38 bits per heavy atom. The molecule has 1 atom stereocenters. The van der Waals surface area contributed by atoms with Crippen LogP contribution in [0.2, 0.25) is 0 Å². The van der Waals surface area contributed by atoms with Crippen LogP contribution in [0.3, 0.4) is 0 Å². The van der Waals surface area contributed by atoms with E-state index in [2.05, 4.69) is 31.9 Å².